The quantitative estimate of drug-likeness (QED) is 0.780. The lowest BCUT2D eigenvalue weighted by Crippen LogP contribution is -2.12. The predicted molar refractivity (Wildman–Crippen MR) is 71.3 cm³/mol. The number of rotatable bonds is 1. The van der Waals surface area contributed by atoms with Gasteiger partial charge in [0.15, 0.2) is 5.82 Å². The van der Waals surface area contributed by atoms with Crippen molar-refractivity contribution in [3.8, 4) is 11.6 Å². The van der Waals surface area contributed by atoms with Crippen molar-refractivity contribution < 1.29 is 4.52 Å². The van der Waals surface area contributed by atoms with Crippen LogP contribution in [0.15, 0.2) is 10.6 Å². The molecule has 0 saturated carbocycles. The molecule has 0 spiro atoms. The summed E-state index contributed by atoms with van der Waals surface area (Å²) < 4.78 is 6.91. The van der Waals surface area contributed by atoms with Crippen molar-refractivity contribution in [1.29, 1.82) is 0 Å². The van der Waals surface area contributed by atoms with E-state index in [9.17, 15) is 0 Å². The summed E-state index contributed by atoms with van der Waals surface area (Å²) in [5.74, 6) is 1.15. The van der Waals surface area contributed by atoms with Crippen molar-refractivity contribution >= 4 is 0 Å². The summed E-state index contributed by atoms with van der Waals surface area (Å²) in [6.45, 7) is 12.2. The van der Waals surface area contributed by atoms with E-state index in [4.69, 9.17) is 4.52 Å². The third-order valence-electron chi connectivity index (χ3n) is 2.39. The molecule has 0 aliphatic carbocycles. The molecule has 5 nitrogen and oxygen atoms in total. The molecule has 0 N–H and O–H groups in total. The van der Waals surface area contributed by atoms with Crippen molar-refractivity contribution in [2.75, 3.05) is 0 Å². The minimum atomic E-state index is 0.0189. The Morgan fingerprint density at radius 1 is 1.22 bits per heavy atom. The highest BCUT2D eigenvalue weighted by Gasteiger charge is 2.21. The van der Waals surface area contributed by atoms with E-state index in [1.165, 1.54) is 0 Å². The lowest BCUT2D eigenvalue weighted by atomic mass is 9.92. The first-order chi connectivity index (χ1) is 8.38. The van der Waals surface area contributed by atoms with Crippen LogP contribution in [0.2, 0.25) is 0 Å². The number of aromatic nitrogens is 4. The fourth-order valence-corrected chi connectivity index (χ4v) is 1.44. The molecule has 0 aliphatic heterocycles. The van der Waals surface area contributed by atoms with E-state index in [1.807, 2.05) is 27.0 Å². The smallest absolute Gasteiger partial charge is 0.276 e. The van der Waals surface area contributed by atoms with Crippen molar-refractivity contribution in [3.63, 3.8) is 0 Å². The summed E-state index contributed by atoms with van der Waals surface area (Å²) in [7, 11) is 1.88. The molecule has 0 saturated heterocycles. The molecular formula is C13H22N4O. The minimum absolute atomic E-state index is 0.0189. The van der Waals surface area contributed by atoms with Gasteiger partial charge in [-0.15, -0.1) is 0 Å². The van der Waals surface area contributed by atoms with Gasteiger partial charge in [-0.3, -0.25) is 4.68 Å². The zero-order valence-electron chi connectivity index (χ0n) is 12.3. The number of hydrogen-bond donors (Lipinski definition) is 0. The van der Waals surface area contributed by atoms with Crippen molar-refractivity contribution in [1.82, 2.24) is 19.9 Å². The molecule has 2 heterocycles. The summed E-state index contributed by atoms with van der Waals surface area (Å²) in [6, 6.07) is 1.99. The van der Waals surface area contributed by atoms with Gasteiger partial charge in [-0.05, 0) is 13.0 Å². The molecule has 2 aromatic heterocycles. The van der Waals surface area contributed by atoms with Gasteiger partial charge in [-0.2, -0.15) is 10.1 Å². The number of nitrogens with zero attached hydrogens (tertiary/aromatic N) is 4. The maximum atomic E-state index is 5.14. The van der Waals surface area contributed by atoms with Crippen molar-refractivity contribution in [2.24, 2.45) is 7.05 Å². The Hall–Kier alpha value is -1.65. The zero-order chi connectivity index (χ0) is 13.9. The SMILES string of the molecule is CC.Cc1noc(-c2cc(C(C)(C)C)nn2C)n1. The summed E-state index contributed by atoms with van der Waals surface area (Å²) in [5.41, 5.74) is 1.89. The van der Waals surface area contributed by atoms with Crippen LogP contribution in [0, 0.1) is 6.92 Å². The summed E-state index contributed by atoms with van der Waals surface area (Å²) in [6.07, 6.45) is 0. The average Bonchev–Trinajstić information content (AvgIpc) is 2.86. The van der Waals surface area contributed by atoms with Crippen LogP contribution in [0.4, 0.5) is 0 Å². The first kappa shape index (κ1) is 14.4. The summed E-state index contributed by atoms with van der Waals surface area (Å²) in [4.78, 5) is 4.20. The second-order valence-corrected chi connectivity index (χ2v) is 4.94. The van der Waals surface area contributed by atoms with Crippen LogP contribution in [-0.4, -0.2) is 19.9 Å². The Labute approximate surface area is 108 Å². The Morgan fingerprint density at radius 3 is 2.22 bits per heavy atom. The number of hydrogen-bond acceptors (Lipinski definition) is 4. The molecule has 0 unspecified atom stereocenters. The Kier molecular flexibility index (Phi) is 4.27. The van der Waals surface area contributed by atoms with Gasteiger partial charge in [0, 0.05) is 12.5 Å². The molecular weight excluding hydrogens is 228 g/mol. The van der Waals surface area contributed by atoms with Gasteiger partial charge in [0.05, 0.1) is 5.69 Å². The lowest BCUT2D eigenvalue weighted by Gasteiger charge is -2.13. The van der Waals surface area contributed by atoms with Crippen LogP contribution in [-0.2, 0) is 12.5 Å². The van der Waals surface area contributed by atoms with Crippen LogP contribution >= 0.6 is 0 Å². The Balaban J connectivity index is 0.000000771. The Morgan fingerprint density at radius 2 is 1.83 bits per heavy atom. The van der Waals surface area contributed by atoms with Gasteiger partial charge in [-0.25, -0.2) is 0 Å². The van der Waals surface area contributed by atoms with E-state index in [0.29, 0.717) is 11.7 Å². The first-order valence-corrected chi connectivity index (χ1v) is 6.23. The largest absolute Gasteiger partial charge is 0.332 e. The van der Waals surface area contributed by atoms with E-state index in [2.05, 4.69) is 36.0 Å². The first-order valence-electron chi connectivity index (χ1n) is 6.23. The van der Waals surface area contributed by atoms with E-state index >= 15 is 0 Å². The van der Waals surface area contributed by atoms with Gasteiger partial charge in [-0.1, -0.05) is 39.8 Å². The second kappa shape index (κ2) is 5.33. The maximum absolute atomic E-state index is 5.14. The highest BCUT2D eigenvalue weighted by molar-refractivity contribution is 5.48. The van der Waals surface area contributed by atoms with Gasteiger partial charge >= 0.3 is 0 Å². The van der Waals surface area contributed by atoms with Gasteiger partial charge < -0.3 is 4.52 Å². The van der Waals surface area contributed by atoms with Crippen LogP contribution in [0.5, 0.6) is 0 Å². The second-order valence-electron chi connectivity index (χ2n) is 4.94. The monoisotopic (exact) mass is 250 g/mol. The van der Waals surface area contributed by atoms with Crippen LogP contribution in [0.1, 0.15) is 46.1 Å². The molecule has 0 bridgehead atoms. The lowest BCUT2D eigenvalue weighted by molar-refractivity contribution is 0.422. The highest BCUT2D eigenvalue weighted by atomic mass is 16.5. The van der Waals surface area contributed by atoms with E-state index in [0.717, 1.165) is 11.4 Å². The summed E-state index contributed by atoms with van der Waals surface area (Å²) >= 11 is 0. The van der Waals surface area contributed by atoms with Gasteiger partial charge in [0.2, 0.25) is 0 Å². The molecule has 2 rings (SSSR count). The van der Waals surface area contributed by atoms with E-state index < -0.39 is 0 Å². The molecule has 18 heavy (non-hydrogen) atoms. The minimum Gasteiger partial charge on any atom is -0.332 e. The average molecular weight is 250 g/mol. The molecule has 0 amide bonds. The third kappa shape index (κ3) is 2.97. The van der Waals surface area contributed by atoms with Crippen molar-refractivity contribution in [3.05, 3.63) is 17.6 Å². The maximum Gasteiger partial charge on any atom is 0.276 e. The predicted octanol–water partition coefficient (Wildman–Crippen LogP) is 3.10. The van der Waals surface area contributed by atoms with Gasteiger partial charge in [0.25, 0.3) is 5.89 Å². The van der Waals surface area contributed by atoms with Crippen molar-refractivity contribution in [2.45, 2.75) is 47.0 Å². The van der Waals surface area contributed by atoms with E-state index in [-0.39, 0.29) is 5.41 Å². The zero-order valence-corrected chi connectivity index (χ0v) is 12.3. The third-order valence-corrected chi connectivity index (χ3v) is 2.39. The van der Waals surface area contributed by atoms with E-state index in [1.54, 1.807) is 11.6 Å². The molecule has 100 valence electrons. The standard InChI is InChI=1S/C11H16N4O.C2H6/c1-7-12-10(16-14-7)8-6-9(11(2,3)4)13-15(8)5;1-2/h6H,1-5H3;1-2H3. The molecule has 0 fully saturated rings. The van der Waals surface area contributed by atoms with Crippen LogP contribution < -0.4 is 0 Å². The topological polar surface area (TPSA) is 56.7 Å². The van der Waals surface area contributed by atoms with Crippen LogP contribution in [0.25, 0.3) is 11.6 Å². The molecule has 2 aromatic rings. The normalized spacial score (nSPS) is 11.1. The molecule has 0 atom stereocenters. The number of aryl methyl sites for hydroxylation is 2. The Bertz CT molecular complexity index is 505. The molecule has 0 aliphatic rings. The van der Waals surface area contributed by atoms with Crippen LogP contribution in [0.3, 0.4) is 0 Å². The molecule has 0 aromatic carbocycles. The summed E-state index contributed by atoms with van der Waals surface area (Å²) in [5, 5.41) is 8.23. The fraction of sp³-hybridized carbons (Fsp3) is 0.615. The molecule has 0 radical (unpaired) electrons. The highest BCUT2D eigenvalue weighted by Crippen LogP contribution is 2.25. The van der Waals surface area contributed by atoms with Gasteiger partial charge in [0.1, 0.15) is 5.69 Å². The molecule has 5 heteroatoms. The fourth-order valence-electron chi connectivity index (χ4n) is 1.44.